The van der Waals surface area contributed by atoms with E-state index in [-0.39, 0.29) is 29.9 Å². The molecule has 0 aromatic heterocycles. The summed E-state index contributed by atoms with van der Waals surface area (Å²) in [5.41, 5.74) is -0.807. The van der Waals surface area contributed by atoms with E-state index in [0.717, 1.165) is 12.2 Å². The number of hydrogen-bond acceptors (Lipinski definition) is 3. The lowest BCUT2D eigenvalue weighted by Crippen LogP contribution is -2.42. The molecular formula is C18H20ClF3O3. The van der Waals surface area contributed by atoms with Gasteiger partial charge < -0.3 is 0 Å². The molecule has 7 heteroatoms. The third-order valence-corrected chi connectivity index (χ3v) is 3.93. The monoisotopic (exact) mass is 376 g/mol. The van der Waals surface area contributed by atoms with Crippen molar-refractivity contribution in [1.29, 1.82) is 0 Å². The van der Waals surface area contributed by atoms with Crippen molar-refractivity contribution in [3.05, 3.63) is 36.0 Å². The van der Waals surface area contributed by atoms with Crippen molar-refractivity contribution >= 4 is 29.0 Å². The number of halogens is 4. The van der Waals surface area contributed by atoms with Crippen molar-refractivity contribution < 1.29 is 27.6 Å². The molecule has 0 atom stereocenters. The van der Waals surface area contributed by atoms with Gasteiger partial charge in [0.1, 0.15) is 5.92 Å². The lowest BCUT2D eigenvalue weighted by atomic mass is 9.69. The average Bonchev–Trinajstić information content (AvgIpc) is 2.40. The second kappa shape index (κ2) is 8.13. The highest BCUT2D eigenvalue weighted by Gasteiger charge is 2.43. The molecular weight excluding hydrogens is 357 g/mol. The summed E-state index contributed by atoms with van der Waals surface area (Å²) in [5.74, 6) is -3.25. The van der Waals surface area contributed by atoms with E-state index in [0.29, 0.717) is 0 Å². The molecule has 1 aliphatic rings. The normalized spacial score (nSPS) is 19.5. The standard InChI is InChI=1S/C18H20ClF3O3/c1-11(4-5-12(6-7-19)8-18(20,21)22)16(25)15-13(23)9-17(2,3)10-14(15)24/h4-6,15H,1,7-10H2,2-3H3/b5-4-,12-6+. The molecule has 0 spiro atoms. The summed E-state index contributed by atoms with van der Waals surface area (Å²) in [4.78, 5) is 36.5. The van der Waals surface area contributed by atoms with Gasteiger partial charge in [-0.3, -0.25) is 14.4 Å². The average molecular weight is 377 g/mol. The first-order valence-electron chi connectivity index (χ1n) is 7.65. The van der Waals surface area contributed by atoms with E-state index in [1.165, 1.54) is 6.08 Å². The number of hydrogen-bond donors (Lipinski definition) is 0. The Balaban J connectivity index is 2.89. The van der Waals surface area contributed by atoms with Gasteiger partial charge in [0.25, 0.3) is 0 Å². The molecule has 0 aromatic rings. The molecule has 0 unspecified atom stereocenters. The summed E-state index contributed by atoms with van der Waals surface area (Å²) in [6, 6.07) is 0. The van der Waals surface area contributed by atoms with Crippen LogP contribution in [0.3, 0.4) is 0 Å². The minimum Gasteiger partial charge on any atom is -0.298 e. The fourth-order valence-electron chi connectivity index (χ4n) is 2.69. The van der Waals surface area contributed by atoms with Gasteiger partial charge in [-0.05, 0) is 11.0 Å². The Labute approximate surface area is 149 Å². The minimum absolute atomic E-state index is 0.0949. The molecule has 1 fully saturated rings. The van der Waals surface area contributed by atoms with Gasteiger partial charge in [0.15, 0.2) is 17.3 Å². The number of allylic oxidation sites excluding steroid dienone is 5. The van der Waals surface area contributed by atoms with Gasteiger partial charge in [-0.1, -0.05) is 38.7 Å². The van der Waals surface area contributed by atoms with Crippen molar-refractivity contribution in [2.24, 2.45) is 11.3 Å². The molecule has 1 rings (SSSR count). The van der Waals surface area contributed by atoms with E-state index < -0.39 is 41.3 Å². The molecule has 138 valence electrons. The zero-order chi connectivity index (χ0) is 19.4. The van der Waals surface area contributed by atoms with Gasteiger partial charge in [-0.25, -0.2) is 0 Å². The molecule has 0 N–H and O–H groups in total. The lowest BCUT2D eigenvalue weighted by Gasteiger charge is -2.31. The van der Waals surface area contributed by atoms with Gasteiger partial charge in [0.05, 0.1) is 6.42 Å². The molecule has 3 nitrogen and oxygen atoms in total. The van der Waals surface area contributed by atoms with Crippen LogP contribution in [0.4, 0.5) is 13.2 Å². The number of rotatable bonds is 6. The quantitative estimate of drug-likeness (QED) is 0.299. The van der Waals surface area contributed by atoms with E-state index in [1.807, 2.05) is 0 Å². The van der Waals surface area contributed by atoms with E-state index in [4.69, 9.17) is 11.6 Å². The summed E-state index contributed by atoms with van der Waals surface area (Å²) in [7, 11) is 0. The molecule has 0 heterocycles. The van der Waals surface area contributed by atoms with Crippen LogP contribution >= 0.6 is 11.6 Å². The Kier molecular flexibility index (Phi) is 6.94. The number of carbonyl (C=O) groups excluding carboxylic acids is 3. The molecule has 0 aromatic carbocycles. The Morgan fingerprint density at radius 2 is 1.76 bits per heavy atom. The van der Waals surface area contributed by atoms with Crippen LogP contribution in [0.25, 0.3) is 0 Å². The van der Waals surface area contributed by atoms with E-state index in [9.17, 15) is 27.6 Å². The van der Waals surface area contributed by atoms with Crippen molar-refractivity contribution in [1.82, 2.24) is 0 Å². The summed E-state index contributed by atoms with van der Waals surface area (Å²) in [6.07, 6.45) is -2.09. The SMILES string of the molecule is C=C(/C=C\C(=C/CCl)CC(F)(F)F)C(=O)C1C(=O)CC(C)(C)CC1=O. The number of carbonyl (C=O) groups is 3. The van der Waals surface area contributed by atoms with Gasteiger partial charge >= 0.3 is 6.18 Å². The Morgan fingerprint density at radius 1 is 1.24 bits per heavy atom. The largest absolute Gasteiger partial charge is 0.393 e. The van der Waals surface area contributed by atoms with E-state index in [2.05, 4.69) is 6.58 Å². The molecule has 1 aliphatic carbocycles. The Bertz CT molecular complexity index is 622. The second-order valence-corrected chi connectivity index (χ2v) is 7.14. The Morgan fingerprint density at radius 3 is 2.20 bits per heavy atom. The van der Waals surface area contributed by atoms with Crippen LogP contribution in [0.5, 0.6) is 0 Å². The minimum atomic E-state index is -4.42. The highest BCUT2D eigenvalue weighted by molar-refractivity contribution is 6.25. The highest BCUT2D eigenvalue weighted by Crippen LogP contribution is 2.35. The smallest absolute Gasteiger partial charge is 0.298 e. The van der Waals surface area contributed by atoms with Crippen molar-refractivity contribution in [2.45, 2.75) is 39.3 Å². The third-order valence-electron chi connectivity index (χ3n) is 3.77. The van der Waals surface area contributed by atoms with Crippen LogP contribution in [-0.4, -0.2) is 29.4 Å². The summed E-state index contributed by atoms with van der Waals surface area (Å²) in [6.45, 7) is 7.01. The maximum Gasteiger partial charge on any atom is 0.393 e. The maximum absolute atomic E-state index is 12.5. The molecule has 0 aliphatic heterocycles. The third kappa shape index (κ3) is 6.61. The second-order valence-electron chi connectivity index (χ2n) is 6.83. The first kappa shape index (κ1) is 21.4. The van der Waals surface area contributed by atoms with Crippen LogP contribution in [0.15, 0.2) is 36.0 Å². The van der Waals surface area contributed by atoms with Gasteiger partial charge in [-0.2, -0.15) is 13.2 Å². The van der Waals surface area contributed by atoms with Crippen molar-refractivity contribution in [2.75, 3.05) is 5.88 Å². The number of alkyl halides is 4. The number of Topliss-reactive ketones (excluding diaryl/α,β-unsaturated/α-hetero) is 3. The highest BCUT2D eigenvalue weighted by atomic mass is 35.5. The zero-order valence-corrected chi connectivity index (χ0v) is 14.8. The van der Waals surface area contributed by atoms with Crippen molar-refractivity contribution in [3.8, 4) is 0 Å². The van der Waals surface area contributed by atoms with Crippen LogP contribution < -0.4 is 0 Å². The molecule has 0 amide bonds. The predicted octanol–water partition coefficient (Wildman–Crippen LogP) is 4.36. The molecule has 0 bridgehead atoms. The first-order valence-corrected chi connectivity index (χ1v) is 8.18. The van der Waals surface area contributed by atoms with E-state index in [1.54, 1.807) is 13.8 Å². The van der Waals surface area contributed by atoms with Crippen LogP contribution in [0.2, 0.25) is 0 Å². The fraction of sp³-hybridized carbons (Fsp3) is 0.500. The summed E-state index contributed by atoms with van der Waals surface area (Å²) < 4.78 is 37.4. The van der Waals surface area contributed by atoms with Crippen LogP contribution in [0.1, 0.15) is 33.1 Å². The number of ketones is 3. The van der Waals surface area contributed by atoms with Crippen LogP contribution in [0, 0.1) is 11.3 Å². The zero-order valence-electron chi connectivity index (χ0n) is 14.1. The summed E-state index contributed by atoms with van der Waals surface area (Å²) >= 11 is 5.43. The summed E-state index contributed by atoms with van der Waals surface area (Å²) in [5, 5.41) is 0. The lowest BCUT2D eigenvalue weighted by molar-refractivity contribution is -0.144. The van der Waals surface area contributed by atoms with E-state index >= 15 is 0 Å². The fourth-order valence-corrected chi connectivity index (χ4v) is 2.88. The van der Waals surface area contributed by atoms with Gasteiger partial charge in [0, 0.05) is 24.3 Å². The first-order chi connectivity index (χ1) is 11.4. The van der Waals surface area contributed by atoms with Gasteiger partial charge in [0.2, 0.25) is 0 Å². The maximum atomic E-state index is 12.5. The van der Waals surface area contributed by atoms with Crippen molar-refractivity contribution in [3.63, 3.8) is 0 Å². The molecule has 0 radical (unpaired) electrons. The topological polar surface area (TPSA) is 51.2 Å². The molecule has 1 saturated carbocycles. The van der Waals surface area contributed by atoms with Gasteiger partial charge in [-0.15, -0.1) is 11.6 Å². The van der Waals surface area contributed by atoms with Crippen LogP contribution in [-0.2, 0) is 14.4 Å². The predicted molar refractivity (Wildman–Crippen MR) is 89.3 cm³/mol. The Hall–Kier alpha value is -1.69. The molecule has 0 saturated heterocycles. The molecule has 25 heavy (non-hydrogen) atoms.